The molecule has 0 aliphatic carbocycles. The Labute approximate surface area is 241 Å². The summed E-state index contributed by atoms with van der Waals surface area (Å²) in [5, 5.41) is 8.46. The van der Waals surface area contributed by atoms with Crippen molar-refractivity contribution in [3.8, 4) is 0 Å². The molecule has 0 spiro atoms. The van der Waals surface area contributed by atoms with Crippen LogP contribution in [0.5, 0.6) is 0 Å². The van der Waals surface area contributed by atoms with Crippen molar-refractivity contribution in [3.05, 3.63) is 47.4 Å². The summed E-state index contributed by atoms with van der Waals surface area (Å²) in [6.45, 7) is 12.9. The Balaban J connectivity index is 2.14. The minimum atomic E-state index is -4.50. The zero-order valence-corrected chi connectivity index (χ0v) is 25.8. The van der Waals surface area contributed by atoms with Crippen LogP contribution in [0, 0.1) is 10.8 Å². The number of nitrogens with one attached hydrogen (secondary N) is 1. The molecule has 0 saturated heterocycles. The number of hydrogen-bond acceptors (Lipinski definition) is 7. The molecule has 2 heterocycles. The average molecular weight is 598 g/mol. The van der Waals surface area contributed by atoms with E-state index in [9.17, 15) is 22.4 Å². The molecule has 0 radical (unpaired) electrons. The Kier molecular flexibility index (Phi) is 12.2. The number of allylic oxidation sites excluding steroid dienone is 5. The van der Waals surface area contributed by atoms with Gasteiger partial charge in [0.25, 0.3) is 0 Å². The Morgan fingerprint density at radius 2 is 1.95 bits per heavy atom. The normalized spacial score (nSPS) is 20.4. The van der Waals surface area contributed by atoms with Crippen molar-refractivity contribution >= 4 is 38.5 Å². The number of methoxy groups -OCH3 is 1. The van der Waals surface area contributed by atoms with E-state index in [1.54, 1.807) is 32.8 Å². The first-order chi connectivity index (χ1) is 19.0. The number of halogens is 4. The summed E-state index contributed by atoms with van der Waals surface area (Å²) in [5.74, 6) is 0.520. The standard InChI is InChI=1S/C28H40BF4N3O4Si/c1-8-19(25-35-23(28(31,32)33)16-36(25)18-39-13-14-41(5,6)7)9-10-22(34)20-11-12-29-24(21(30)15-20)40-17-27(2,3)26(37)38-4/h8-12,15,23-24,34H,13-14,16-18H2,1-7H3/b10-9-,19-8+,34-22?. The van der Waals surface area contributed by atoms with E-state index in [1.165, 1.54) is 37.2 Å². The quantitative estimate of drug-likeness (QED) is 0.0778. The van der Waals surface area contributed by atoms with E-state index in [0.717, 1.165) is 12.1 Å². The number of amidine groups is 1. The van der Waals surface area contributed by atoms with Gasteiger partial charge in [-0.3, -0.25) is 0 Å². The van der Waals surface area contributed by atoms with Crippen LogP contribution in [0.25, 0.3) is 0 Å². The topological polar surface area (TPSA) is 84.2 Å². The van der Waals surface area contributed by atoms with Gasteiger partial charge in [0.05, 0.1) is 0 Å². The number of esters is 1. The first-order valence-corrected chi connectivity index (χ1v) is 17.1. The molecule has 226 valence electrons. The molecular formula is C28H40BF4N3O4Si. The monoisotopic (exact) mass is 597 g/mol. The fourth-order valence-electron chi connectivity index (χ4n) is 3.80. The van der Waals surface area contributed by atoms with Crippen LogP contribution in [0.15, 0.2) is 52.3 Å². The molecule has 0 aromatic rings. The predicted molar refractivity (Wildman–Crippen MR) is 158 cm³/mol. The van der Waals surface area contributed by atoms with E-state index in [2.05, 4.69) is 24.6 Å². The van der Waals surface area contributed by atoms with Gasteiger partial charge >= 0.3 is 208 Å². The molecule has 0 amide bonds. The third-order valence-electron chi connectivity index (χ3n) is 6.39. The van der Waals surface area contributed by atoms with Gasteiger partial charge in [-0.1, -0.05) is 19.6 Å². The molecule has 0 aromatic heterocycles. The van der Waals surface area contributed by atoms with Gasteiger partial charge in [-0.25, -0.2) is 0 Å². The smallest absolute Gasteiger partial charge is 0.0695 e. The number of alkyl halides is 3. The fourth-order valence-corrected chi connectivity index (χ4v) is 4.56. The summed E-state index contributed by atoms with van der Waals surface area (Å²) >= 11 is 0. The number of aliphatic imine (C=N–C) groups is 1. The van der Waals surface area contributed by atoms with E-state index >= 15 is 0 Å². The van der Waals surface area contributed by atoms with Crippen molar-refractivity contribution in [3.63, 3.8) is 0 Å². The molecule has 0 saturated carbocycles. The molecule has 0 fully saturated rings. The number of nitrogens with zero attached hydrogens (tertiary/aromatic N) is 2. The summed E-state index contributed by atoms with van der Waals surface area (Å²) in [7, 11) is -0.102. The second-order valence-corrected chi connectivity index (χ2v) is 17.3. The third kappa shape index (κ3) is 10.6. The van der Waals surface area contributed by atoms with Gasteiger partial charge in [0.2, 0.25) is 0 Å². The van der Waals surface area contributed by atoms with Crippen LogP contribution in [0.4, 0.5) is 17.6 Å². The second-order valence-electron chi connectivity index (χ2n) is 11.7. The van der Waals surface area contributed by atoms with E-state index in [4.69, 9.17) is 19.6 Å². The molecule has 2 rings (SSSR count). The van der Waals surface area contributed by atoms with Gasteiger partial charge in [-0.05, 0) is 6.04 Å². The van der Waals surface area contributed by atoms with Crippen molar-refractivity contribution in [2.75, 3.05) is 33.6 Å². The van der Waals surface area contributed by atoms with Gasteiger partial charge in [0, 0.05) is 8.07 Å². The number of carbonyl (C=O) groups excluding carboxylic acids is 1. The minimum absolute atomic E-state index is 0.0312. The molecule has 41 heavy (non-hydrogen) atoms. The molecule has 2 aliphatic rings. The van der Waals surface area contributed by atoms with Gasteiger partial charge in [-0.2, -0.15) is 0 Å². The van der Waals surface area contributed by atoms with Gasteiger partial charge < -0.3 is 0 Å². The van der Waals surface area contributed by atoms with E-state index in [-0.39, 0.29) is 37.0 Å². The van der Waals surface area contributed by atoms with Crippen LogP contribution in [0.1, 0.15) is 20.8 Å². The van der Waals surface area contributed by atoms with Crippen LogP contribution in [-0.4, -0.2) is 95.2 Å². The number of hydrogen-bond donors (Lipinski definition) is 1. The predicted octanol–water partition coefficient (Wildman–Crippen LogP) is 5.31. The number of rotatable bonds is 13. The van der Waals surface area contributed by atoms with Crippen molar-refractivity contribution in [1.82, 2.24) is 4.90 Å². The SMILES string of the molecule is C/C=C(\C=C/C(=N)C1=CC=BC(OCC(C)(C)C(=O)OC)C(F)=C1)C1=NC(C(F)(F)F)CN1COCC[Si](C)(C)C. The molecule has 13 heteroatoms. The maximum atomic E-state index is 15.0. The van der Waals surface area contributed by atoms with Gasteiger partial charge in [-0.15, -0.1) is 0 Å². The molecule has 1 N–H and O–H groups in total. The Morgan fingerprint density at radius 1 is 1.27 bits per heavy atom. The zero-order valence-electron chi connectivity index (χ0n) is 24.8. The molecule has 2 unspecified atom stereocenters. The van der Waals surface area contributed by atoms with Crippen molar-refractivity contribution < 1.29 is 36.6 Å². The Hall–Kier alpha value is -2.64. The zero-order chi connectivity index (χ0) is 31.0. The summed E-state index contributed by atoms with van der Waals surface area (Å²) in [4.78, 5) is 17.3. The molecular weight excluding hydrogens is 557 g/mol. The molecule has 0 aromatic carbocycles. The molecule has 2 aliphatic heterocycles. The first-order valence-electron chi connectivity index (χ1n) is 13.3. The molecule has 2 atom stereocenters. The Bertz CT molecular complexity index is 1150. The van der Waals surface area contributed by atoms with Crippen LogP contribution in [0.3, 0.4) is 0 Å². The Morgan fingerprint density at radius 3 is 2.54 bits per heavy atom. The van der Waals surface area contributed by atoms with Crippen LogP contribution < -0.4 is 0 Å². The summed E-state index contributed by atoms with van der Waals surface area (Å²) in [6, 6.07) is -2.06. The van der Waals surface area contributed by atoms with E-state index < -0.39 is 43.5 Å². The summed E-state index contributed by atoms with van der Waals surface area (Å²) in [6.07, 6.45) is 2.67. The van der Waals surface area contributed by atoms with Crippen molar-refractivity contribution in [2.45, 2.75) is 64.7 Å². The van der Waals surface area contributed by atoms with Crippen molar-refractivity contribution in [2.24, 2.45) is 10.4 Å². The van der Waals surface area contributed by atoms with Gasteiger partial charge in [0.15, 0.2) is 0 Å². The second kappa shape index (κ2) is 14.5. The van der Waals surface area contributed by atoms with Crippen LogP contribution in [0.2, 0.25) is 25.7 Å². The average Bonchev–Trinajstić information content (AvgIpc) is 3.22. The number of carbonyl (C=O) groups is 1. The first kappa shape index (κ1) is 34.6. The molecule has 7 nitrogen and oxygen atoms in total. The third-order valence-corrected chi connectivity index (χ3v) is 8.09. The van der Waals surface area contributed by atoms with Gasteiger partial charge in [0.1, 0.15) is 0 Å². The minimum Gasteiger partial charge on any atom is -0.0695 e. The van der Waals surface area contributed by atoms with Crippen LogP contribution >= 0.6 is 0 Å². The molecule has 0 bridgehead atoms. The fraction of sp³-hybridized carbons (Fsp3) is 0.571. The summed E-state index contributed by atoms with van der Waals surface area (Å²) in [5.41, 5.74) is -0.429. The van der Waals surface area contributed by atoms with E-state index in [1.807, 2.05) is 0 Å². The summed E-state index contributed by atoms with van der Waals surface area (Å²) < 4.78 is 71.6. The number of ether oxygens (including phenoxy) is 3. The van der Waals surface area contributed by atoms with Crippen molar-refractivity contribution in [1.29, 1.82) is 5.41 Å². The van der Waals surface area contributed by atoms with E-state index in [0.29, 0.717) is 12.2 Å². The maximum absolute atomic E-state index is 15.0. The van der Waals surface area contributed by atoms with Crippen LogP contribution in [-0.2, 0) is 19.0 Å².